The Bertz CT molecular complexity index is 1440. The number of alkyl halides is 1. The molecule has 2 atom stereocenters. The van der Waals surface area contributed by atoms with Gasteiger partial charge in [0.1, 0.15) is 24.2 Å². The number of amides is 1. The van der Waals surface area contributed by atoms with Crippen molar-refractivity contribution in [1.82, 2.24) is 14.9 Å². The minimum atomic E-state index is -2.98. The van der Waals surface area contributed by atoms with Crippen molar-refractivity contribution in [1.29, 1.82) is 0 Å². The van der Waals surface area contributed by atoms with Crippen LogP contribution in [0.25, 0.3) is 22.2 Å². The molecule has 2 N–H and O–H groups in total. The molecule has 6 nitrogen and oxygen atoms in total. The largest absolute Gasteiger partial charge is 0.491 e. The van der Waals surface area contributed by atoms with Crippen molar-refractivity contribution in [2.24, 2.45) is 0 Å². The van der Waals surface area contributed by atoms with Crippen LogP contribution in [0, 0.1) is 12.7 Å². The van der Waals surface area contributed by atoms with E-state index < -0.39 is 21.8 Å². The van der Waals surface area contributed by atoms with Crippen LogP contribution >= 0.6 is 18.4 Å². The molecule has 3 aromatic carbocycles. The fourth-order valence-electron chi connectivity index (χ4n) is 4.26. The molecule has 182 valence electrons. The molecule has 1 aromatic heterocycles. The molecule has 2 unspecified atom stereocenters. The van der Waals surface area contributed by atoms with Gasteiger partial charge in [-0.2, -0.15) is 0 Å². The highest BCUT2D eigenvalue weighted by molar-refractivity contribution is 8.65. The van der Waals surface area contributed by atoms with Gasteiger partial charge in [0.05, 0.1) is 28.8 Å². The van der Waals surface area contributed by atoms with Crippen molar-refractivity contribution < 1.29 is 22.9 Å². The summed E-state index contributed by atoms with van der Waals surface area (Å²) in [5.41, 5.74) is 4.88. The number of halogens is 2. The van der Waals surface area contributed by atoms with E-state index >= 15 is 0 Å². The van der Waals surface area contributed by atoms with Gasteiger partial charge in [0.25, 0.3) is 5.91 Å². The molecule has 1 amide bonds. The van der Waals surface area contributed by atoms with E-state index in [0.29, 0.717) is 25.4 Å². The predicted molar refractivity (Wildman–Crippen MR) is 137 cm³/mol. The first-order valence-electron chi connectivity index (χ1n) is 10.9. The molecule has 1 aliphatic heterocycles. The summed E-state index contributed by atoms with van der Waals surface area (Å²) >= 11 is 0. The second kappa shape index (κ2) is 9.22. The first kappa shape index (κ1) is 23.7. The number of hydrogen-bond donors (Lipinski definition) is 2. The number of nitrogens with zero attached hydrogens (tertiary/aromatic N) is 2. The Kier molecular flexibility index (Phi) is 6.25. The van der Waals surface area contributed by atoms with E-state index in [4.69, 9.17) is 4.74 Å². The Morgan fingerprint density at radius 2 is 2.00 bits per heavy atom. The van der Waals surface area contributed by atoms with Crippen LogP contribution < -0.4 is 4.74 Å². The summed E-state index contributed by atoms with van der Waals surface area (Å²) in [6.07, 6.45) is 1.65. The van der Waals surface area contributed by atoms with Gasteiger partial charge in [-0.05, 0) is 60.0 Å². The van der Waals surface area contributed by atoms with Crippen molar-refractivity contribution in [2.75, 3.05) is 19.2 Å². The van der Waals surface area contributed by atoms with Gasteiger partial charge in [0, 0.05) is 17.7 Å². The van der Waals surface area contributed by atoms with Crippen LogP contribution in [0.2, 0.25) is 0 Å². The SMILES string of the molecule is Cc1c(C(=O)N2CCOc3ccc(-c4ccc5nc[nH]c5c4)cc3C2)ccc(S(O)(P)CF)c1F. The summed E-state index contributed by atoms with van der Waals surface area (Å²) < 4.78 is 44.3. The number of aromatic amines is 1. The number of fused-ring (bicyclic) bond motifs is 2. The van der Waals surface area contributed by atoms with Crippen LogP contribution in [0.15, 0.2) is 59.8 Å². The summed E-state index contributed by atoms with van der Waals surface area (Å²) in [5.74, 6) is -0.412. The molecule has 1 aliphatic rings. The highest BCUT2D eigenvalue weighted by atomic mass is 32.8. The predicted octanol–water partition coefficient (Wildman–Crippen LogP) is 6.07. The number of carbonyl (C=O) groups excluding carboxylic acids is 1. The number of H-pyrrole nitrogens is 1. The summed E-state index contributed by atoms with van der Waals surface area (Å²) in [4.78, 5) is 22.3. The molecule has 35 heavy (non-hydrogen) atoms. The standard InChI is InChI=1S/C25H24F2N3O3PS/c1-15-19(4-7-23(24(15)27)35(32,34)13-26)25(31)30-8-9-33-22-6-3-16(10-18(22)12-30)17-2-5-20-21(11-17)29-14-28-20/h2-7,10-11,14,32H,8-9,12-13,34H2,1H3,(H,28,29). The van der Waals surface area contributed by atoms with Crippen LogP contribution in [-0.4, -0.2) is 44.5 Å². The van der Waals surface area contributed by atoms with Crippen molar-refractivity contribution in [3.8, 4) is 16.9 Å². The average molecular weight is 516 g/mol. The van der Waals surface area contributed by atoms with Crippen molar-refractivity contribution in [3.63, 3.8) is 0 Å². The van der Waals surface area contributed by atoms with Gasteiger partial charge in [0.2, 0.25) is 0 Å². The Hall–Kier alpha value is -3.00. The fraction of sp³-hybridized carbons (Fsp3) is 0.200. The fourth-order valence-corrected chi connectivity index (χ4v) is 5.69. The summed E-state index contributed by atoms with van der Waals surface area (Å²) in [5, 5.41) is 0. The van der Waals surface area contributed by atoms with Crippen LogP contribution in [0.4, 0.5) is 8.78 Å². The van der Waals surface area contributed by atoms with Gasteiger partial charge in [-0.1, -0.05) is 30.5 Å². The third kappa shape index (κ3) is 4.40. The molecule has 0 aliphatic carbocycles. The zero-order valence-corrected chi connectivity index (χ0v) is 20.9. The van der Waals surface area contributed by atoms with Gasteiger partial charge in [-0.25, -0.2) is 13.8 Å². The normalized spacial score (nSPS) is 16.2. The van der Waals surface area contributed by atoms with Gasteiger partial charge < -0.3 is 19.2 Å². The van der Waals surface area contributed by atoms with E-state index in [1.807, 2.05) is 44.8 Å². The van der Waals surface area contributed by atoms with E-state index in [1.54, 1.807) is 11.2 Å². The molecule has 0 spiro atoms. The third-order valence-corrected chi connectivity index (χ3v) is 8.76. The molecule has 4 aromatic rings. The quantitative estimate of drug-likeness (QED) is 0.324. The number of rotatable bonds is 4. The molecular formula is C25H24F2N3O3PS. The molecule has 5 rings (SSSR count). The maximum Gasteiger partial charge on any atom is 0.254 e. The Labute approximate surface area is 204 Å². The number of nitrogens with one attached hydrogen (secondary N) is 1. The Morgan fingerprint density at radius 1 is 1.23 bits per heavy atom. The van der Waals surface area contributed by atoms with E-state index in [-0.39, 0.29) is 21.9 Å². The average Bonchev–Trinajstić information content (AvgIpc) is 3.22. The van der Waals surface area contributed by atoms with E-state index in [9.17, 15) is 18.1 Å². The van der Waals surface area contributed by atoms with E-state index in [1.165, 1.54) is 19.1 Å². The van der Waals surface area contributed by atoms with Crippen LogP contribution in [0.3, 0.4) is 0 Å². The van der Waals surface area contributed by atoms with Gasteiger partial charge >= 0.3 is 0 Å². The number of aromatic nitrogens is 2. The number of carbonyl (C=O) groups is 1. The first-order chi connectivity index (χ1) is 16.8. The second-order valence-electron chi connectivity index (χ2n) is 8.45. The van der Waals surface area contributed by atoms with Crippen LogP contribution in [0.1, 0.15) is 21.5 Å². The molecule has 10 heteroatoms. The maximum absolute atomic E-state index is 15.0. The lowest BCUT2D eigenvalue weighted by Crippen LogP contribution is -2.33. The molecule has 0 radical (unpaired) electrons. The molecule has 0 saturated carbocycles. The number of ether oxygens (including phenoxy) is 1. The molecular weight excluding hydrogens is 491 g/mol. The monoisotopic (exact) mass is 515 g/mol. The summed E-state index contributed by atoms with van der Waals surface area (Å²) in [7, 11) is -0.984. The summed E-state index contributed by atoms with van der Waals surface area (Å²) in [6, 6.07) is 13.5. The van der Waals surface area contributed by atoms with Crippen molar-refractivity contribution >= 4 is 35.3 Å². The van der Waals surface area contributed by atoms with Crippen molar-refractivity contribution in [3.05, 3.63) is 77.4 Å². The zero-order chi connectivity index (χ0) is 24.7. The molecule has 2 heterocycles. The van der Waals surface area contributed by atoms with E-state index in [2.05, 4.69) is 9.97 Å². The lowest BCUT2D eigenvalue weighted by atomic mass is 10.0. The van der Waals surface area contributed by atoms with Crippen molar-refractivity contribution in [2.45, 2.75) is 18.4 Å². The highest BCUT2D eigenvalue weighted by Crippen LogP contribution is 2.60. The number of hydrogen-bond acceptors (Lipinski definition) is 4. The minimum Gasteiger partial charge on any atom is -0.491 e. The maximum atomic E-state index is 15.0. The Balaban J connectivity index is 1.45. The highest BCUT2D eigenvalue weighted by Gasteiger charge is 2.28. The van der Waals surface area contributed by atoms with E-state index in [0.717, 1.165) is 27.7 Å². The lowest BCUT2D eigenvalue weighted by molar-refractivity contribution is 0.0731. The van der Waals surface area contributed by atoms with Gasteiger partial charge in [0.15, 0.2) is 0 Å². The van der Waals surface area contributed by atoms with Gasteiger partial charge in [-0.3, -0.25) is 4.79 Å². The number of imidazole rings is 1. The topological polar surface area (TPSA) is 78.5 Å². The minimum absolute atomic E-state index is 0.0846. The van der Waals surface area contributed by atoms with Gasteiger partial charge in [-0.15, -0.1) is 0 Å². The van der Waals surface area contributed by atoms with Crippen LogP contribution in [-0.2, 0) is 6.54 Å². The second-order valence-corrected chi connectivity index (χ2v) is 13.0. The molecule has 0 fully saturated rings. The smallest absolute Gasteiger partial charge is 0.254 e. The van der Waals surface area contributed by atoms with Crippen LogP contribution in [0.5, 0.6) is 5.75 Å². The molecule has 0 saturated heterocycles. The molecule has 0 bridgehead atoms. The number of benzene rings is 3. The lowest BCUT2D eigenvalue weighted by Gasteiger charge is -2.27. The zero-order valence-electron chi connectivity index (χ0n) is 18.9. The third-order valence-electron chi connectivity index (χ3n) is 6.21. The first-order valence-corrected chi connectivity index (χ1v) is 14.2. The Morgan fingerprint density at radius 3 is 2.80 bits per heavy atom. The summed E-state index contributed by atoms with van der Waals surface area (Å²) in [6.45, 7) is 2.39.